The van der Waals surface area contributed by atoms with Gasteiger partial charge in [0, 0.05) is 29.7 Å². The predicted molar refractivity (Wildman–Crippen MR) is 71.6 cm³/mol. The van der Waals surface area contributed by atoms with Gasteiger partial charge in [0.25, 0.3) is 0 Å². The molecule has 3 aromatic heterocycles. The monoisotopic (exact) mass is 238 g/mol. The molecule has 0 spiro atoms. The highest BCUT2D eigenvalue weighted by molar-refractivity contribution is 6.05. The third kappa shape index (κ3) is 1.36. The molecule has 0 amide bonds. The van der Waals surface area contributed by atoms with Crippen LogP contribution in [0.1, 0.15) is 17.9 Å². The number of pyridine rings is 2. The van der Waals surface area contributed by atoms with Crippen molar-refractivity contribution >= 4 is 21.9 Å². The zero-order valence-corrected chi connectivity index (χ0v) is 9.98. The first-order chi connectivity index (χ1) is 8.93. The zero-order chi connectivity index (χ0) is 11.9. The van der Waals surface area contributed by atoms with E-state index in [9.17, 15) is 0 Å². The van der Waals surface area contributed by atoms with Crippen molar-refractivity contribution in [3.8, 4) is 0 Å². The van der Waals surface area contributed by atoms with Crippen LogP contribution in [0.15, 0.2) is 30.7 Å². The zero-order valence-electron chi connectivity index (χ0n) is 9.98. The minimum Gasteiger partial charge on any atom is -0.360 e. The number of rotatable bonds is 1. The average molecular weight is 238 g/mol. The second-order valence-corrected chi connectivity index (χ2v) is 4.85. The highest BCUT2D eigenvalue weighted by Gasteiger charge is 2.20. The lowest BCUT2D eigenvalue weighted by Gasteiger charge is -2.13. The quantitative estimate of drug-likeness (QED) is 0.683. The molecule has 4 heteroatoms. The van der Waals surface area contributed by atoms with Crippen LogP contribution in [0.2, 0.25) is 0 Å². The van der Waals surface area contributed by atoms with Crippen molar-refractivity contribution in [2.45, 2.75) is 12.3 Å². The standard InChI is InChI=1S/C14H14N4/c1-4-15-7-9(1)10-2-5-16-12-8-18-14-11(13(10)12)3-6-17-14/h2-3,5-6,8-9,15-16H,1,4,7H2. The Hall–Kier alpha value is -1.94. The molecule has 4 nitrogen and oxygen atoms in total. The maximum Gasteiger partial charge on any atom is 0.159 e. The number of aromatic amines is 1. The fraction of sp³-hybridized carbons (Fsp3) is 0.286. The summed E-state index contributed by atoms with van der Waals surface area (Å²) in [6.07, 6.45) is 6.94. The van der Waals surface area contributed by atoms with E-state index in [1.54, 1.807) is 0 Å². The number of hydrogen-bond donors (Lipinski definition) is 2. The molecule has 4 heterocycles. The number of H-pyrrole nitrogens is 1. The lowest BCUT2D eigenvalue weighted by atomic mass is 9.94. The van der Waals surface area contributed by atoms with Gasteiger partial charge in [-0.05, 0) is 36.6 Å². The first-order valence-corrected chi connectivity index (χ1v) is 6.35. The summed E-state index contributed by atoms with van der Waals surface area (Å²) in [5.74, 6) is 0.600. The minimum absolute atomic E-state index is 0.600. The predicted octanol–water partition coefficient (Wildman–Crippen LogP) is 2.19. The molecule has 3 aromatic rings. The summed E-state index contributed by atoms with van der Waals surface area (Å²) in [5.41, 5.74) is 3.35. The van der Waals surface area contributed by atoms with Crippen LogP contribution in [0.5, 0.6) is 0 Å². The molecule has 1 atom stereocenters. The number of hydrogen-bond acceptors (Lipinski definition) is 3. The third-order valence-corrected chi connectivity index (χ3v) is 3.82. The Morgan fingerprint density at radius 1 is 1.22 bits per heavy atom. The van der Waals surface area contributed by atoms with Gasteiger partial charge in [-0.1, -0.05) is 0 Å². The Morgan fingerprint density at radius 2 is 2.22 bits per heavy atom. The number of fused-ring (bicyclic) bond motifs is 3. The summed E-state index contributed by atoms with van der Waals surface area (Å²) in [4.78, 5) is 12.0. The topological polar surface area (TPSA) is 53.6 Å². The van der Waals surface area contributed by atoms with Gasteiger partial charge in [0.05, 0.1) is 11.7 Å². The maximum atomic E-state index is 4.38. The fourth-order valence-electron chi connectivity index (χ4n) is 2.95. The molecule has 1 unspecified atom stereocenters. The van der Waals surface area contributed by atoms with Gasteiger partial charge >= 0.3 is 0 Å². The fourth-order valence-corrected chi connectivity index (χ4v) is 2.95. The van der Waals surface area contributed by atoms with E-state index >= 15 is 0 Å². The molecule has 1 fully saturated rings. The Balaban J connectivity index is 2.08. The second kappa shape index (κ2) is 3.78. The van der Waals surface area contributed by atoms with Crippen LogP contribution in [-0.2, 0) is 0 Å². The largest absolute Gasteiger partial charge is 0.360 e. The van der Waals surface area contributed by atoms with Crippen molar-refractivity contribution in [3.63, 3.8) is 0 Å². The maximum absolute atomic E-state index is 4.38. The van der Waals surface area contributed by atoms with Gasteiger partial charge in [0.15, 0.2) is 5.65 Å². The van der Waals surface area contributed by atoms with Gasteiger partial charge in [0.2, 0.25) is 0 Å². The molecule has 4 rings (SSSR count). The van der Waals surface area contributed by atoms with Crippen LogP contribution in [0.3, 0.4) is 0 Å². The van der Waals surface area contributed by atoms with Crippen LogP contribution >= 0.6 is 0 Å². The summed E-state index contributed by atoms with van der Waals surface area (Å²) >= 11 is 0. The van der Waals surface area contributed by atoms with Crippen molar-refractivity contribution in [1.29, 1.82) is 0 Å². The average Bonchev–Trinajstić information content (AvgIpc) is 3.09. The highest BCUT2D eigenvalue weighted by Crippen LogP contribution is 2.32. The minimum atomic E-state index is 0.600. The SMILES string of the molecule is c1cc2c(n1)ncc1[nH]ccc(C3CCNC3)c12. The molecule has 1 aliphatic rings. The lowest BCUT2D eigenvalue weighted by Crippen LogP contribution is -2.08. The molecule has 18 heavy (non-hydrogen) atoms. The Bertz CT molecular complexity index is 710. The summed E-state index contributed by atoms with van der Waals surface area (Å²) < 4.78 is 0. The molecule has 90 valence electrons. The summed E-state index contributed by atoms with van der Waals surface area (Å²) in [6.45, 7) is 2.18. The van der Waals surface area contributed by atoms with Crippen molar-refractivity contribution in [2.24, 2.45) is 0 Å². The van der Waals surface area contributed by atoms with Crippen molar-refractivity contribution in [1.82, 2.24) is 20.3 Å². The molecule has 0 saturated carbocycles. The Labute approximate surface area is 104 Å². The normalized spacial score (nSPS) is 19.9. The third-order valence-electron chi connectivity index (χ3n) is 3.82. The van der Waals surface area contributed by atoms with E-state index in [1.165, 1.54) is 17.4 Å². The van der Waals surface area contributed by atoms with E-state index in [-0.39, 0.29) is 0 Å². The lowest BCUT2D eigenvalue weighted by molar-refractivity contribution is 0.769. The van der Waals surface area contributed by atoms with Gasteiger partial charge in [-0.25, -0.2) is 9.97 Å². The summed E-state index contributed by atoms with van der Waals surface area (Å²) in [6, 6.07) is 4.26. The molecule has 1 aliphatic heterocycles. The number of nitrogens with one attached hydrogen (secondary N) is 2. The molecule has 1 saturated heterocycles. The summed E-state index contributed by atoms with van der Waals surface area (Å²) in [7, 11) is 0. The molecular weight excluding hydrogens is 224 g/mol. The number of nitrogens with zero attached hydrogens (tertiary/aromatic N) is 2. The van der Waals surface area contributed by atoms with E-state index in [2.05, 4.69) is 32.4 Å². The molecule has 0 bridgehead atoms. The van der Waals surface area contributed by atoms with Crippen LogP contribution in [-0.4, -0.2) is 28.0 Å². The first-order valence-electron chi connectivity index (χ1n) is 6.35. The van der Waals surface area contributed by atoms with Crippen molar-refractivity contribution in [2.75, 3.05) is 13.1 Å². The van der Waals surface area contributed by atoms with Crippen molar-refractivity contribution in [3.05, 3.63) is 36.3 Å². The second-order valence-electron chi connectivity index (χ2n) is 4.85. The van der Waals surface area contributed by atoms with Gasteiger partial charge < -0.3 is 10.3 Å². The molecule has 0 aromatic carbocycles. The smallest absolute Gasteiger partial charge is 0.159 e. The van der Waals surface area contributed by atoms with E-state index < -0.39 is 0 Å². The number of aromatic nitrogens is 3. The van der Waals surface area contributed by atoms with Gasteiger partial charge in [-0.2, -0.15) is 0 Å². The Kier molecular flexibility index (Phi) is 2.11. The van der Waals surface area contributed by atoms with Crippen molar-refractivity contribution < 1.29 is 0 Å². The van der Waals surface area contributed by atoms with E-state index in [0.717, 1.165) is 29.6 Å². The molecule has 2 N–H and O–H groups in total. The molecular formula is C14H14N4. The van der Waals surface area contributed by atoms with E-state index in [1.807, 2.05) is 18.6 Å². The van der Waals surface area contributed by atoms with Crippen LogP contribution in [0.4, 0.5) is 0 Å². The first kappa shape index (κ1) is 10.0. The van der Waals surface area contributed by atoms with Crippen LogP contribution in [0, 0.1) is 0 Å². The van der Waals surface area contributed by atoms with E-state index in [4.69, 9.17) is 0 Å². The van der Waals surface area contributed by atoms with Gasteiger partial charge in [0.1, 0.15) is 0 Å². The summed E-state index contributed by atoms with van der Waals surface area (Å²) in [5, 5.41) is 5.88. The molecule has 0 aliphatic carbocycles. The molecule has 0 radical (unpaired) electrons. The highest BCUT2D eigenvalue weighted by atomic mass is 14.9. The van der Waals surface area contributed by atoms with Crippen LogP contribution < -0.4 is 5.32 Å². The Morgan fingerprint density at radius 3 is 3.11 bits per heavy atom. The van der Waals surface area contributed by atoms with Crippen LogP contribution in [0.25, 0.3) is 21.9 Å². The van der Waals surface area contributed by atoms with Gasteiger partial charge in [-0.15, -0.1) is 0 Å². The van der Waals surface area contributed by atoms with Gasteiger partial charge in [-0.3, -0.25) is 0 Å². The van der Waals surface area contributed by atoms with E-state index in [0.29, 0.717) is 5.92 Å².